The number of nitrogens with zero attached hydrogens (tertiary/aromatic N) is 7. The molecule has 0 unspecified atom stereocenters. The average Bonchev–Trinajstić information content (AvgIpc) is 3.12. The van der Waals surface area contributed by atoms with Crippen molar-refractivity contribution in [3.8, 4) is 0 Å². The summed E-state index contributed by atoms with van der Waals surface area (Å²) in [4.78, 5) is 44.9. The lowest BCUT2D eigenvalue weighted by Crippen LogP contribution is -2.45. The summed E-state index contributed by atoms with van der Waals surface area (Å²) in [6.45, 7) is 6.24. The third-order valence-corrected chi connectivity index (χ3v) is 6.51. The molecule has 0 spiro atoms. The van der Waals surface area contributed by atoms with Crippen molar-refractivity contribution >= 4 is 28.9 Å². The molecule has 30 heavy (non-hydrogen) atoms. The van der Waals surface area contributed by atoms with Gasteiger partial charge in [0.05, 0.1) is 0 Å². The summed E-state index contributed by atoms with van der Waals surface area (Å²) < 4.78 is 3.38. The standard InChI is InChI=1S/C19H26N8O2S/c1-13(12-30-17-20-5-4-6-21-17)11-27-14-15(25(3)19(29)23-16(14)28)22-18(27)26-9-7-24(2)8-10-26/h4-6,13H,7-12H2,1-3H3,(H,23,28,29)/t13-/m1/s1. The first kappa shape index (κ1) is 20.6. The maximum Gasteiger partial charge on any atom is 0.329 e. The van der Waals surface area contributed by atoms with Gasteiger partial charge in [0.15, 0.2) is 16.3 Å². The molecule has 1 aliphatic rings. The minimum atomic E-state index is -0.452. The number of hydrogen-bond acceptors (Lipinski definition) is 8. The Morgan fingerprint density at radius 2 is 1.83 bits per heavy atom. The Hall–Kier alpha value is -2.66. The Kier molecular flexibility index (Phi) is 5.91. The Labute approximate surface area is 178 Å². The molecule has 11 heteroatoms. The van der Waals surface area contributed by atoms with E-state index >= 15 is 0 Å². The number of fused-ring (bicyclic) bond motifs is 1. The number of anilines is 1. The lowest BCUT2D eigenvalue weighted by atomic mass is 10.2. The maximum absolute atomic E-state index is 12.7. The third kappa shape index (κ3) is 4.12. The smallest absolute Gasteiger partial charge is 0.329 e. The fourth-order valence-corrected chi connectivity index (χ4v) is 4.39. The van der Waals surface area contributed by atoms with Crippen LogP contribution in [0.4, 0.5) is 5.95 Å². The molecule has 0 bridgehead atoms. The van der Waals surface area contributed by atoms with Crippen molar-refractivity contribution < 1.29 is 0 Å². The fraction of sp³-hybridized carbons (Fsp3) is 0.526. The molecule has 0 aliphatic carbocycles. The normalized spacial score (nSPS) is 16.3. The van der Waals surface area contributed by atoms with Gasteiger partial charge >= 0.3 is 5.69 Å². The topological polar surface area (TPSA) is 105 Å². The zero-order chi connectivity index (χ0) is 21.3. The van der Waals surface area contributed by atoms with Crippen LogP contribution in [0.5, 0.6) is 0 Å². The number of rotatable bonds is 6. The summed E-state index contributed by atoms with van der Waals surface area (Å²) in [5.74, 6) is 1.78. The molecule has 1 fully saturated rings. The van der Waals surface area contributed by atoms with E-state index in [-0.39, 0.29) is 5.92 Å². The van der Waals surface area contributed by atoms with Crippen molar-refractivity contribution in [1.82, 2.24) is 34.0 Å². The number of imidazole rings is 1. The van der Waals surface area contributed by atoms with Crippen LogP contribution in [-0.4, -0.2) is 72.9 Å². The molecule has 10 nitrogen and oxygen atoms in total. The Balaban J connectivity index is 1.67. The van der Waals surface area contributed by atoms with Gasteiger partial charge in [-0.05, 0) is 19.0 Å². The van der Waals surface area contributed by atoms with E-state index in [1.807, 2.05) is 4.57 Å². The highest BCUT2D eigenvalue weighted by molar-refractivity contribution is 7.99. The zero-order valence-electron chi connectivity index (χ0n) is 17.4. The van der Waals surface area contributed by atoms with Gasteiger partial charge in [-0.3, -0.25) is 14.3 Å². The number of thioether (sulfide) groups is 1. The zero-order valence-corrected chi connectivity index (χ0v) is 18.2. The number of hydrogen-bond donors (Lipinski definition) is 1. The van der Waals surface area contributed by atoms with Gasteiger partial charge in [-0.1, -0.05) is 18.7 Å². The van der Waals surface area contributed by atoms with Gasteiger partial charge in [0, 0.05) is 57.9 Å². The molecule has 0 aromatic carbocycles. The second kappa shape index (κ2) is 8.60. The summed E-state index contributed by atoms with van der Waals surface area (Å²) in [5.41, 5.74) is 0.0156. The van der Waals surface area contributed by atoms with Gasteiger partial charge in [-0.15, -0.1) is 0 Å². The van der Waals surface area contributed by atoms with E-state index < -0.39 is 11.2 Å². The predicted molar refractivity (Wildman–Crippen MR) is 117 cm³/mol. The highest BCUT2D eigenvalue weighted by Crippen LogP contribution is 2.24. The first-order valence-electron chi connectivity index (χ1n) is 9.97. The fourth-order valence-electron chi connectivity index (χ4n) is 3.59. The van der Waals surface area contributed by atoms with E-state index in [9.17, 15) is 9.59 Å². The van der Waals surface area contributed by atoms with Gasteiger partial charge in [0.1, 0.15) is 0 Å². The number of aryl methyl sites for hydroxylation is 1. The number of likely N-dealkylation sites (N-methyl/N-ethyl adjacent to an activating group) is 1. The first-order chi connectivity index (χ1) is 14.4. The minimum Gasteiger partial charge on any atom is -0.340 e. The van der Waals surface area contributed by atoms with E-state index in [0.29, 0.717) is 17.7 Å². The van der Waals surface area contributed by atoms with Gasteiger partial charge in [-0.25, -0.2) is 14.8 Å². The maximum atomic E-state index is 12.7. The van der Waals surface area contributed by atoms with Crippen LogP contribution in [0.25, 0.3) is 11.2 Å². The molecule has 1 atom stereocenters. The average molecular weight is 431 g/mol. The number of piperazine rings is 1. The van der Waals surface area contributed by atoms with Crippen LogP contribution in [0.1, 0.15) is 6.92 Å². The van der Waals surface area contributed by atoms with Crippen molar-refractivity contribution in [2.24, 2.45) is 13.0 Å². The van der Waals surface area contributed by atoms with Crippen molar-refractivity contribution in [2.75, 3.05) is 43.9 Å². The largest absolute Gasteiger partial charge is 0.340 e. The van der Waals surface area contributed by atoms with Crippen molar-refractivity contribution in [3.05, 3.63) is 39.3 Å². The van der Waals surface area contributed by atoms with Gasteiger partial charge in [0.25, 0.3) is 5.56 Å². The predicted octanol–water partition coefficient (Wildman–Crippen LogP) is 0.394. The SMILES string of the molecule is C[C@@H](CSc1ncccn1)Cn1c(N2CCN(C)CC2)nc2c1c(=O)[nH]c(=O)n2C. The second-order valence-electron chi connectivity index (χ2n) is 7.75. The lowest BCUT2D eigenvalue weighted by Gasteiger charge is -2.33. The molecule has 160 valence electrons. The summed E-state index contributed by atoms with van der Waals surface area (Å²) >= 11 is 1.59. The minimum absolute atomic E-state index is 0.235. The molecule has 0 radical (unpaired) electrons. The van der Waals surface area contributed by atoms with E-state index in [1.165, 1.54) is 4.57 Å². The summed E-state index contributed by atoms with van der Waals surface area (Å²) in [7, 11) is 3.73. The Morgan fingerprint density at radius 3 is 2.53 bits per heavy atom. The van der Waals surface area contributed by atoms with Crippen molar-refractivity contribution in [3.63, 3.8) is 0 Å². The summed E-state index contributed by atoms with van der Waals surface area (Å²) in [6, 6.07) is 1.80. The van der Waals surface area contributed by atoms with E-state index in [1.54, 1.807) is 37.3 Å². The number of aromatic amines is 1. The highest BCUT2D eigenvalue weighted by atomic mass is 32.2. The van der Waals surface area contributed by atoms with Crippen LogP contribution < -0.4 is 16.1 Å². The van der Waals surface area contributed by atoms with Crippen LogP contribution in [-0.2, 0) is 13.6 Å². The van der Waals surface area contributed by atoms with Gasteiger partial charge in [-0.2, -0.15) is 4.98 Å². The van der Waals surface area contributed by atoms with E-state index in [2.05, 4.69) is 38.7 Å². The molecule has 1 aliphatic heterocycles. The molecule has 0 saturated carbocycles. The van der Waals surface area contributed by atoms with Crippen molar-refractivity contribution in [1.29, 1.82) is 0 Å². The number of H-pyrrole nitrogens is 1. The summed E-state index contributed by atoms with van der Waals surface area (Å²) in [5, 5.41) is 0.736. The van der Waals surface area contributed by atoms with Crippen LogP contribution in [0.3, 0.4) is 0 Å². The molecular weight excluding hydrogens is 404 g/mol. The molecule has 4 rings (SSSR count). The van der Waals surface area contributed by atoms with Crippen molar-refractivity contribution in [2.45, 2.75) is 18.6 Å². The van der Waals surface area contributed by atoms with Crippen LogP contribution in [0, 0.1) is 5.92 Å². The van der Waals surface area contributed by atoms with Gasteiger partial charge in [0.2, 0.25) is 5.95 Å². The third-order valence-electron chi connectivity index (χ3n) is 5.31. The molecule has 1 saturated heterocycles. The van der Waals surface area contributed by atoms with Crippen LogP contribution >= 0.6 is 11.8 Å². The molecule has 3 aromatic rings. The van der Waals surface area contributed by atoms with E-state index in [0.717, 1.165) is 43.0 Å². The molecule has 4 heterocycles. The first-order valence-corrected chi connectivity index (χ1v) is 11.0. The van der Waals surface area contributed by atoms with Crippen LogP contribution in [0.15, 0.2) is 33.2 Å². The highest BCUT2D eigenvalue weighted by Gasteiger charge is 2.24. The Bertz CT molecular complexity index is 1130. The molecule has 0 amide bonds. The second-order valence-corrected chi connectivity index (χ2v) is 8.74. The lowest BCUT2D eigenvalue weighted by molar-refractivity contribution is 0.309. The number of nitrogens with one attached hydrogen (secondary N) is 1. The van der Waals surface area contributed by atoms with Gasteiger partial charge < -0.3 is 14.4 Å². The molecule has 3 aromatic heterocycles. The van der Waals surface area contributed by atoms with E-state index in [4.69, 9.17) is 4.98 Å². The molecular formula is C19H26N8O2S. The summed E-state index contributed by atoms with van der Waals surface area (Å²) in [6.07, 6.45) is 3.46. The quantitative estimate of drug-likeness (QED) is 0.442. The monoisotopic (exact) mass is 430 g/mol. The van der Waals surface area contributed by atoms with Crippen LogP contribution in [0.2, 0.25) is 0 Å². The number of aromatic nitrogens is 6. The Morgan fingerprint density at radius 1 is 1.13 bits per heavy atom. The molecule has 1 N–H and O–H groups in total.